The summed E-state index contributed by atoms with van der Waals surface area (Å²) >= 11 is 0. The number of hydrogen-bond acceptors (Lipinski definition) is 4. The Hall–Kier alpha value is -1.26. The van der Waals surface area contributed by atoms with E-state index in [1.54, 1.807) is 0 Å². The molecule has 106 valence electrons. The SMILES string of the molecule is C=C(NCCC)c1ccc(CN2CCN(C)CC2)o1. The molecule has 19 heavy (non-hydrogen) atoms. The normalized spacial score (nSPS) is 17.6. The van der Waals surface area contributed by atoms with Crippen molar-refractivity contribution in [1.82, 2.24) is 15.1 Å². The van der Waals surface area contributed by atoms with Crippen molar-refractivity contribution in [2.75, 3.05) is 39.8 Å². The molecule has 0 atom stereocenters. The standard InChI is InChI=1S/C15H25N3O/c1-4-7-16-13(2)15-6-5-14(19-15)12-18-10-8-17(3)9-11-18/h5-6,16H,2,4,7-12H2,1,3H3. The summed E-state index contributed by atoms with van der Waals surface area (Å²) in [5.74, 6) is 1.89. The lowest BCUT2D eigenvalue weighted by Gasteiger charge is -2.31. The zero-order valence-electron chi connectivity index (χ0n) is 12.1. The molecule has 0 aromatic carbocycles. The van der Waals surface area contributed by atoms with Gasteiger partial charge in [-0.3, -0.25) is 4.90 Å². The lowest BCUT2D eigenvalue weighted by molar-refractivity contribution is 0.140. The molecular formula is C15H25N3O. The summed E-state index contributed by atoms with van der Waals surface area (Å²) in [5.41, 5.74) is 0.881. The van der Waals surface area contributed by atoms with Crippen molar-refractivity contribution in [3.05, 3.63) is 30.2 Å². The molecule has 0 saturated carbocycles. The van der Waals surface area contributed by atoms with Crippen LogP contribution in [0.2, 0.25) is 0 Å². The van der Waals surface area contributed by atoms with E-state index < -0.39 is 0 Å². The van der Waals surface area contributed by atoms with E-state index >= 15 is 0 Å². The maximum Gasteiger partial charge on any atom is 0.149 e. The van der Waals surface area contributed by atoms with Gasteiger partial charge in [-0.1, -0.05) is 13.5 Å². The van der Waals surface area contributed by atoms with Crippen LogP contribution in [0, 0.1) is 0 Å². The summed E-state index contributed by atoms with van der Waals surface area (Å²) in [6, 6.07) is 4.07. The zero-order chi connectivity index (χ0) is 13.7. The van der Waals surface area contributed by atoms with Gasteiger partial charge in [0.15, 0.2) is 0 Å². The van der Waals surface area contributed by atoms with E-state index in [1.165, 1.54) is 0 Å². The van der Waals surface area contributed by atoms with Crippen LogP contribution in [0.1, 0.15) is 24.9 Å². The molecule has 1 aliphatic rings. The second-order valence-corrected chi connectivity index (χ2v) is 5.25. The quantitative estimate of drug-likeness (QED) is 0.850. The van der Waals surface area contributed by atoms with E-state index in [1.807, 2.05) is 6.07 Å². The van der Waals surface area contributed by atoms with Crippen LogP contribution >= 0.6 is 0 Å². The number of hydrogen-bond donors (Lipinski definition) is 1. The van der Waals surface area contributed by atoms with E-state index in [2.05, 4.69) is 41.7 Å². The molecular weight excluding hydrogens is 238 g/mol. The van der Waals surface area contributed by atoms with Gasteiger partial charge in [-0.25, -0.2) is 0 Å². The van der Waals surface area contributed by atoms with Crippen LogP contribution in [-0.2, 0) is 6.54 Å². The van der Waals surface area contributed by atoms with Crippen molar-refractivity contribution in [1.29, 1.82) is 0 Å². The predicted molar refractivity (Wildman–Crippen MR) is 78.8 cm³/mol. The Morgan fingerprint density at radius 1 is 1.32 bits per heavy atom. The van der Waals surface area contributed by atoms with Gasteiger partial charge in [0.25, 0.3) is 0 Å². The maximum atomic E-state index is 5.85. The topological polar surface area (TPSA) is 31.6 Å². The van der Waals surface area contributed by atoms with E-state index in [0.717, 1.165) is 62.9 Å². The largest absolute Gasteiger partial charge is 0.458 e. The van der Waals surface area contributed by atoms with Crippen molar-refractivity contribution in [2.24, 2.45) is 0 Å². The van der Waals surface area contributed by atoms with Crippen molar-refractivity contribution in [2.45, 2.75) is 19.9 Å². The van der Waals surface area contributed by atoms with Crippen LogP contribution in [0.3, 0.4) is 0 Å². The molecule has 1 saturated heterocycles. The lowest BCUT2D eigenvalue weighted by Crippen LogP contribution is -2.43. The Morgan fingerprint density at radius 2 is 2.05 bits per heavy atom. The Labute approximate surface area is 116 Å². The number of furan rings is 1. The molecule has 4 nitrogen and oxygen atoms in total. The number of piperazine rings is 1. The first-order chi connectivity index (χ1) is 9.19. The molecule has 0 radical (unpaired) electrons. The second-order valence-electron chi connectivity index (χ2n) is 5.25. The molecule has 0 unspecified atom stereocenters. The van der Waals surface area contributed by atoms with Gasteiger partial charge in [0, 0.05) is 32.7 Å². The van der Waals surface area contributed by atoms with Crippen LogP contribution in [0.4, 0.5) is 0 Å². The molecule has 0 amide bonds. The minimum absolute atomic E-state index is 0.859. The minimum Gasteiger partial charge on any atom is -0.458 e. The Morgan fingerprint density at radius 3 is 2.74 bits per heavy atom. The third-order valence-corrected chi connectivity index (χ3v) is 3.52. The van der Waals surface area contributed by atoms with E-state index in [-0.39, 0.29) is 0 Å². The summed E-state index contributed by atoms with van der Waals surface area (Å²) < 4.78 is 5.85. The fourth-order valence-corrected chi connectivity index (χ4v) is 2.21. The van der Waals surface area contributed by atoms with Gasteiger partial charge in [0.2, 0.25) is 0 Å². The Balaban J connectivity index is 1.85. The highest BCUT2D eigenvalue weighted by Gasteiger charge is 2.15. The van der Waals surface area contributed by atoms with Gasteiger partial charge >= 0.3 is 0 Å². The van der Waals surface area contributed by atoms with Gasteiger partial charge in [-0.05, 0) is 25.6 Å². The minimum atomic E-state index is 0.859. The predicted octanol–water partition coefficient (Wildman–Crippen LogP) is 2.00. The van der Waals surface area contributed by atoms with Crippen molar-refractivity contribution < 1.29 is 4.42 Å². The summed E-state index contributed by atoms with van der Waals surface area (Å²) in [7, 11) is 2.17. The van der Waals surface area contributed by atoms with E-state index in [4.69, 9.17) is 4.42 Å². The van der Waals surface area contributed by atoms with Crippen LogP contribution in [-0.4, -0.2) is 49.6 Å². The fourth-order valence-electron chi connectivity index (χ4n) is 2.21. The molecule has 1 aromatic heterocycles. The average molecular weight is 263 g/mol. The summed E-state index contributed by atoms with van der Waals surface area (Å²) in [5, 5.41) is 3.26. The molecule has 1 aromatic rings. The van der Waals surface area contributed by atoms with E-state index in [9.17, 15) is 0 Å². The van der Waals surface area contributed by atoms with Gasteiger partial charge in [0.1, 0.15) is 11.5 Å². The zero-order valence-corrected chi connectivity index (χ0v) is 12.1. The van der Waals surface area contributed by atoms with Gasteiger partial charge in [-0.15, -0.1) is 0 Å². The molecule has 0 aliphatic carbocycles. The van der Waals surface area contributed by atoms with Gasteiger partial charge in [-0.2, -0.15) is 0 Å². The highest BCUT2D eigenvalue weighted by Crippen LogP contribution is 2.16. The molecule has 0 spiro atoms. The molecule has 4 heteroatoms. The number of nitrogens with zero attached hydrogens (tertiary/aromatic N) is 2. The maximum absolute atomic E-state index is 5.85. The average Bonchev–Trinajstić information content (AvgIpc) is 2.87. The van der Waals surface area contributed by atoms with Crippen LogP contribution < -0.4 is 5.32 Å². The van der Waals surface area contributed by atoms with Gasteiger partial charge in [0.05, 0.1) is 12.2 Å². The smallest absolute Gasteiger partial charge is 0.149 e. The van der Waals surface area contributed by atoms with Crippen molar-refractivity contribution >= 4 is 5.70 Å². The lowest BCUT2D eigenvalue weighted by atomic mass is 10.3. The molecule has 1 fully saturated rings. The number of likely N-dealkylation sites (N-methyl/N-ethyl adjacent to an activating group) is 1. The molecule has 2 rings (SSSR count). The van der Waals surface area contributed by atoms with Crippen LogP contribution in [0.15, 0.2) is 23.1 Å². The molecule has 0 bridgehead atoms. The first-order valence-electron chi connectivity index (χ1n) is 7.12. The first kappa shape index (κ1) is 14.2. The summed E-state index contributed by atoms with van der Waals surface area (Å²) in [4.78, 5) is 4.80. The Bertz CT molecular complexity index is 405. The summed E-state index contributed by atoms with van der Waals surface area (Å²) in [6.45, 7) is 12.5. The third kappa shape index (κ3) is 4.11. The third-order valence-electron chi connectivity index (χ3n) is 3.52. The summed E-state index contributed by atoms with van der Waals surface area (Å²) in [6.07, 6.45) is 1.09. The Kier molecular flexibility index (Phi) is 5.05. The van der Waals surface area contributed by atoms with E-state index in [0.29, 0.717) is 0 Å². The number of rotatable bonds is 6. The van der Waals surface area contributed by atoms with Crippen LogP contribution in [0.5, 0.6) is 0 Å². The molecule has 1 N–H and O–H groups in total. The van der Waals surface area contributed by atoms with Crippen LogP contribution in [0.25, 0.3) is 5.70 Å². The molecule has 1 aliphatic heterocycles. The molecule has 2 heterocycles. The second kappa shape index (κ2) is 6.78. The van der Waals surface area contributed by atoms with Crippen molar-refractivity contribution in [3.63, 3.8) is 0 Å². The van der Waals surface area contributed by atoms with Crippen molar-refractivity contribution in [3.8, 4) is 0 Å². The monoisotopic (exact) mass is 263 g/mol. The fraction of sp³-hybridized carbons (Fsp3) is 0.600. The first-order valence-corrected chi connectivity index (χ1v) is 7.12. The number of nitrogens with one attached hydrogen (secondary N) is 1. The highest BCUT2D eigenvalue weighted by atomic mass is 16.3. The highest BCUT2D eigenvalue weighted by molar-refractivity contribution is 5.56. The van der Waals surface area contributed by atoms with Gasteiger partial charge < -0.3 is 14.6 Å².